The minimum Gasteiger partial charge on any atom is -0.369 e. The number of halogens is 2. The molecule has 6 nitrogen and oxygen atoms in total. The van der Waals surface area contributed by atoms with Crippen LogP contribution in [0.1, 0.15) is 5.56 Å². The number of hydrogen-bond acceptors (Lipinski definition) is 4. The Labute approximate surface area is 110 Å². The van der Waals surface area contributed by atoms with Crippen LogP contribution in [0.15, 0.2) is 16.9 Å². The first kappa shape index (κ1) is 12.3. The third-order valence-electron chi connectivity index (χ3n) is 2.90. The summed E-state index contributed by atoms with van der Waals surface area (Å²) in [6, 6.07) is 2.45. The fourth-order valence-corrected chi connectivity index (χ4v) is 1.92. The number of nitrogen functional groups attached to an aromatic ring is 1. The number of fused-ring (bicyclic) bond motifs is 1. The molecule has 1 aromatic carbocycles. The molecule has 0 saturated carbocycles. The highest BCUT2D eigenvalue weighted by atomic mass is 19.1. The number of nitrogens with zero attached hydrogens (tertiary/aromatic N) is 2. The molecule has 8 heteroatoms. The first-order chi connectivity index (χ1) is 9.47. The van der Waals surface area contributed by atoms with E-state index in [-0.39, 0.29) is 34.1 Å². The number of nitrogens with one attached hydrogen (secondary N) is 2. The van der Waals surface area contributed by atoms with E-state index in [0.717, 1.165) is 6.07 Å². The van der Waals surface area contributed by atoms with Crippen LogP contribution in [0.2, 0.25) is 0 Å². The van der Waals surface area contributed by atoms with Crippen LogP contribution in [0.4, 0.5) is 14.7 Å². The molecule has 3 rings (SSSR count). The highest BCUT2D eigenvalue weighted by Gasteiger charge is 2.18. The van der Waals surface area contributed by atoms with Crippen molar-refractivity contribution in [3.8, 4) is 11.4 Å². The van der Waals surface area contributed by atoms with E-state index in [9.17, 15) is 13.6 Å². The van der Waals surface area contributed by atoms with Crippen LogP contribution in [0, 0.1) is 18.6 Å². The van der Waals surface area contributed by atoms with Gasteiger partial charge in [0.1, 0.15) is 17.5 Å². The minimum atomic E-state index is -0.781. The van der Waals surface area contributed by atoms with Crippen molar-refractivity contribution in [3.05, 3.63) is 39.7 Å². The zero-order valence-corrected chi connectivity index (χ0v) is 10.3. The summed E-state index contributed by atoms with van der Waals surface area (Å²) in [4.78, 5) is 24.2. The van der Waals surface area contributed by atoms with Gasteiger partial charge in [0.15, 0.2) is 11.2 Å². The van der Waals surface area contributed by atoms with Crippen LogP contribution >= 0.6 is 0 Å². The van der Waals surface area contributed by atoms with E-state index < -0.39 is 17.2 Å². The van der Waals surface area contributed by atoms with E-state index in [2.05, 4.69) is 19.9 Å². The van der Waals surface area contributed by atoms with Crippen molar-refractivity contribution in [2.24, 2.45) is 0 Å². The zero-order valence-electron chi connectivity index (χ0n) is 10.3. The van der Waals surface area contributed by atoms with Crippen LogP contribution in [0.25, 0.3) is 22.6 Å². The lowest BCUT2D eigenvalue weighted by atomic mass is 10.1. The second-order valence-corrected chi connectivity index (χ2v) is 4.29. The summed E-state index contributed by atoms with van der Waals surface area (Å²) < 4.78 is 27.8. The summed E-state index contributed by atoms with van der Waals surface area (Å²) in [7, 11) is 0. The van der Waals surface area contributed by atoms with Gasteiger partial charge in [-0.05, 0) is 18.6 Å². The maximum Gasteiger partial charge on any atom is 0.278 e. The molecule has 102 valence electrons. The van der Waals surface area contributed by atoms with Gasteiger partial charge in [0.05, 0.1) is 5.56 Å². The molecule has 0 spiro atoms. The molecule has 20 heavy (non-hydrogen) atoms. The van der Waals surface area contributed by atoms with Crippen LogP contribution in [0.3, 0.4) is 0 Å². The van der Waals surface area contributed by atoms with Gasteiger partial charge in [-0.25, -0.2) is 13.8 Å². The molecule has 0 aliphatic heterocycles. The number of imidazole rings is 1. The van der Waals surface area contributed by atoms with Gasteiger partial charge in [0, 0.05) is 0 Å². The summed E-state index contributed by atoms with van der Waals surface area (Å²) in [6.07, 6.45) is 0. The maximum atomic E-state index is 14.0. The Bertz CT molecular complexity index is 883. The molecule has 0 bridgehead atoms. The normalized spacial score (nSPS) is 11.2. The van der Waals surface area contributed by atoms with E-state index in [1.54, 1.807) is 0 Å². The van der Waals surface area contributed by atoms with Crippen LogP contribution in [0.5, 0.6) is 0 Å². The standard InChI is InChI=1S/C12H9F2N5O/c1-4-2-3-5(13)6(7(4)14)9-16-8-10(17-9)18-12(15)19-11(8)20/h2-3H,1H3,(H4,15,16,17,18,19,20). The highest BCUT2D eigenvalue weighted by Crippen LogP contribution is 2.26. The van der Waals surface area contributed by atoms with Gasteiger partial charge in [-0.2, -0.15) is 4.98 Å². The fraction of sp³-hybridized carbons (Fsp3) is 0.0833. The molecule has 0 unspecified atom stereocenters. The lowest BCUT2D eigenvalue weighted by Crippen LogP contribution is -2.10. The predicted molar refractivity (Wildman–Crippen MR) is 69.0 cm³/mol. The van der Waals surface area contributed by atoms with Gasteiger partial charge in [-0.1, -0.05) is 6.07 Å². The summed E-state index contributed by atoms with van der Waals surface area (Å²) in [5.74, 6) is -1.75. The minimum absolute atomic E-state index is 0.00144. The average Bonchev–Trinajstić information content (AvgIpc) is 2.78. The molecule has 0 radical (unpaired) electrons. The summed E-state index contributed by atoms with van der Waals surface area (Å²) in [5.41, 5.74) is 4.78. The van der Waals surface area contributed by atoms with E-state index >= 15 is 0 Å². The van der Waals surface area contributed by atoms with E-state index in [1.165, 1.54) is 13.0 Å². The van der Waals surface area contributed by atoms with Gasteiger partial charge in [0.2, 0.25) is 5.95 Å². The Kier molecular flexibility index (Phi) is 2.53. The Balaban J connectivity index is 2.34. The largest absolute Gasteiger partial charge is 0.369 e. The number of aromatic amines is 2. The number of aryl methyl sites for hydroxylation is 1. The van der Waals surface area contributed by atoms with Crippen molar-refractivity contribution in [3.63, 3.8) is 0 Å². The van der Waals surface area contributed by atoms with Crippen molar-refractivity contribution in [1.29, 1.82) is 0 Å². The molecule has 2 heterocycles. The van der Waals surface area contributed by atoms with Gasteiger partial charge < -0.3 is 10.7 Å². The van der Waals surface area contributed by atoms with E-state index in [1.807, 2.05) is 0 Å². The Hall–Kier alpha value is -2.77. The first-order valence-electron chi connectivity index (χ1n) is 5.68. The summed E-state index contributed by atoms with van der Waals surface area (Å²) in [6.45, 7) is 1.50. The number of hydrogen-bond donors (Lipinski definition) is 3. The van der Waals surface area contributed by atoms with Crippen molar-refractivity contribution in [2.45, 2.75) is 6.92 Å². The van der Waals surface area contributed by atoms with Crippen LogP contribution in [-0.4, -0.2) is 19.9 Å². The van der Waals surface area contributed by atoms with Crippen molar-refractivity contribution in [2.75, 3.05) is 5.73 Å². The molecule has 0 aliphatic rings. The van der Waals surface area contributed by atoms with Gasteiger partial charge >= 0.3 is 0 Å². The lowest BCUT2D eigenvalue weighted by Gasteiger charge is -2.03. The molecule has 0 amide bonds. The number of H-pyrrole nitrogens is 2. The topological polar surface area (TPSA) is 100 Å². The van der Waals surface area contributed by atoms with Gasteiger partial charge in [-0.3, -0.25) is 9.78 Å². The highest BCUT2D eigenvalue weighted by molar-refractivity contribution is 5.76. The third-order valence-corrected chi connectivity index (χ3v) is 2.90. The van der Waals surface area contributed by atoms with Gasteiger partial charge in [-0.15, -0.1) is 0 Å². The number of rotatable bonds is 1. The second-order valence-electron chi connectivity index (χ2n) is 4.29. The molecule has 2 aromatic heterocycles. The zero-order chi connectivity index (χ0) is 14.4. The van der Waals surface area contributed by atoms with Crippen molar-refractivity contribution < 1.29 is 8.78 Å². The number of aromatic nitrogens is 4. The molecule has 4 N–H and O–H groups in total. The molecular formula is C12H9F2N5O. The van der Waals surface area contributed by atoms with Crippen molar-refractivity contribution in [1.82, 2.24) is 19.9 Å². The molecular weight excluding hydrogens is 268 g/mol. The van der Waals surface area contributed by atoms with E-state index in [0.29, 0.717) is 0 Å². The average molecular weight is 277 g/mol. The Morgan fingerprint density at radius 3 is 2.70 bits per heavy atom. The smallest absolute Gasteiger partial charge is 0.278 e. The Morgan fingerprint density at radius 2 is 1.95 bits per heavy atom. The monoisotopic (exact) mass is 277 g/mol. The summed E-state index contributed by atoms with van der Waals surface area (Å²) >= 11 is 0. The van der Waals surface area contributed by atoms with Crippen LogP contribution in [-0.2, 0) is 0 Å². The quantitative estimate of drug-likeness (QED) is 0.627. The second kappa shape index (κ2) is 4.12. The third kappa shape index (κ3) is 1.73. The van der Waals surface area contributed by atoms with Gasteiger partial charge in [0.25, 0.3) is 5.56 Å². The summed E-state index contributed by atoms with van der Waals surface area (Å²) in [5, 5.41) is 0. The first-order valence-corrected chi connectivity index (χ1v) is 5.68. The van der Waals surface area contributed by atoms with Crippen LogP contribution < -0.4 is 11.3 Å². The molecule has 0 fully saturated rings. The lowest BCUT2D eigenvalue weighted by molar-refractivity contribution is 0.582. The Morgan fingerprint density at radius 1 is 1.20 bits per heavy atom. The van der Waals surface area contributed by atoms with E-state index in [4.69, 9.17) is 5.73 Å². The number of benzene rings is 1. The molecule has 3 aromatic rings. The predicted octanol–water partition coefficient (Wildman–Crippen LogP) is 1.48. The molecule has 0 aliphatic carbocycles. The SMILES string of the molecule is Cc1ccc(F)c(-c2nc3nc(N)[nH]c(=O)c3[nH]2)c1F. The number of nitrogens with two attached hydrogens (primary N) is 1. The maximum absolute atomic E-state index is 14.0. The molecule has 0 saturated heterocycles. The fourth-order valence-electron chi connectivity index (χ4n) is 1.92. The molecule has 0 atom stereocenters. The van der Waals surface area contributed by atoms with Crippen molar-refractivity contribution >= 4 is 17.1 Å². The number of anilines is 1.